The Kier molecular flexibility index (Phi) is 7.08. The first-order valence-corrected chi connectivity index (χ1v) is 13.1. The number of pyridine rings is 1. The predicted octanol–water partition coefficient (Wildman–Crippen LogP) is 5.53. The van der Waals surface area contributed by atoms with Crippen LogP contribution in [0.5, 0.6) is 11.5 Å². The molecule has 8 heteroatoms. The third kappa shape index (κ3) is 4.72. The van der Waals surface area contributed by atoms with Gasteiger partial charge in [0, 0.05) is 50.4 Å². The van der Waals surface area contributed by atoms with Crippen LogP contribution in [0.15, 0.2) is 60.9 Å². The summed E-state index contributed by atoms with van der Waals surface area (Å²) in [5.41, 5.74) is 4.64. The summed E-state index contributed by atoms with van der Waals surface area (Å²) < 4.78 is 11.2. The molecular formula is C30H34N3O5+. The quantitative estimate of drug-likeness (QED) is 0.271. The Bertz CT molecular complexity index is 1320. The third-order valence-electron chi connectivity index (χ3n) is 8.23. The van der Waals surface area contributed by atoms with Crippen LogP contribution in [0.1, 0.15) is 52.4 Å². The molecular weight excluding hydrogens is 482 g/mol. The number of carbonyl (C=O) groups excluding carboxylic acids is 1. The number of anilines is 1. The number of hydrogen-bond donors (Lipinski definition) is 1. The zero-order valence-corrected chi connectivity index (χ0v) is 22.1. The summed E-state index contributed by atoms with van der Waals surface area (Å²) in [6.45, 7) is 6.14. The molecule has 2 unspecified atom stereocenters. The molecule has 1 aromatic heterocycles. The summed E-state index contributed by atoms with van der Waals surface area (Å²) >= 11 is 0. The Morgan fingerprint density at radius 1 is 1.03 bits per heavy atom. The normalized spacial score (nSPS) is 19.1. The Labute approximate surface area is 223 Å². The summed E-state index contributed by atoms with van der Waals surface area (Å²) in [5, 5.41) is 9.20. The summed E-state index contributed by atoms with van der Waals surface area (Å²) in [6, 6.07) is 15.0. The lowest BCUT2D eigenvalue weighted by Gasteiger charge is -2.49. The van der Waals surface area contributed by atoms with Gasteiger partial charge >= 0.3 is 12.1 Å². The number of amides is 1. The molecule has 198 valence electrons. The highest BCUT2D eigenvalue weighted by Gasteiger charge is 2.51. The van der Waals surface area contributed by atoms with Gasteiger partial charge in [0.15, 0.2) is 0 Å². The number of carboxylic acid groups (broad SMARTS) is 1. The number of piperidine rings is 1. The van der Waals surface area contributed by atoms with E-state index in [1.165, 1.54) is 0 Å². The molecule has 0 bridgehead atoms. The van der Waals surface area contributed by atoms with Gasteiger partial charge in [-0.3, -0.25) is 4.98 Å². The molecule has 1 N–H and O–H groups in total. The summed E-state index contributed by atoms with van der Waals surface area (Å²) in [7, 11) is 2.06. The van der Waals surface area contributed by atoms with Gasteiger partial charge in [0.2, 0.25) is 0 Å². The summed E-state index contributed by atoms with van der Waals surface area (Å²) in [5.74, 6) is 0.988. The second-order valence-corrected chi connectivity index (χ2v) is 10.4. The van der Waals surface area contributed by atoms with Gasteiger partial charge in [-0.1, -0.05) is 18.2 Å². The van der Waals surface area contributed by atoms with E-state index in [9.17, 15) is 14.7 Å². The highest BCUT2D eigenvalue weighted by molar-refractivity contribution is 5.92. The highest BCUT2D eigenvalue weighted by atomic mass is 16.7. The van der Waals surface area contributed by atoms with Crippen molar-refractivity contribution in [2.45, 2.75) is 45.2 Å². The second-order valence-electron chi connectivity index (χ2n) is 10.4. The summed E-state index contributed by atoms with van der Waals surface area (Å²) in [4.78, 5) is 32.5. The molecule has 0 aliphatic carbocycles. The van der Waals surface area contributed by atoms with Crippen LogP contribution in [0.4, 0.5) is 10.5 Å². The van der Waals surface area contributed by atoms with E-state index >= 15 is 0 Å². The van der Waals surface area contributed by atoms with Crippen LogP contribution in [0, 0.1) is 13.8 Å². The van der Waals surface area contributed by atoms with Crippen molar-refractivity contribution in [3.63, 3.8) is 0 Å². The highest BCUT2D eigenvalue weighted by Crippen LogP contribution is 2.45. The van der Waals surface area contributed by atoms with Gasteiger partial charge in [-0.15, -0.1) is 0 Å². The third-order valence-corrected chi connectivity index (χ3v) is 8.23. The minimum absolute atomic E-state index is 0.0691. The lowest BCUT2D eigenvalue weighted by molar-refractivity contribution is -0.888. The van der Waals surface area contributed by atoms with Crippen molar-refractivity contribution in [3.8, 4) is 11.5 Å². The standard InChI is InChI=1S/C30H33N3O5/c1-20-5-4-6-21(2)28(20)29(34)33(3,23-11-16-32(17-12-23)22-9-14-31-15-10-22)26-13-18-37-27-8-7-24(19-25(26)27)38-30(35)36/h4-10,14-15,19,23,26H,11-13,16-18H2,1-3H3/p+1. The van der Waals surface area contributed by atoms with Gasteiger partial charge < -0.3 is 19.5 Å². The molecule has 0 spiro atoms. The van der Waals surface area contributed by atoms with E-state index < -0.39 is 6.16 Å². The molecule has 8 nitrogen and oxygen atoms in total. The van der Waals surface area contributed by atoms with Crippen LogP contribution in [0.25, 0.3) is 0 Å². The van der Waals surface area contributed by atoms with Crippen molar-refractivity contribution in [1.29, 1.82) is 0 Å². The van der Waals surface area contributed by atoms with Gasteiger partial charge in [0.1, 0.15) is 17.5 Å². The molecule has 1 saturated heterocycles. The largest absolute Gasteiger partial charge is 0.511 e. The van der Waals surface area contributed by atoms with Crippen molar-refractivity contribution in [2.75, 3.05) is 31.6 Å². The Morgan fingerprint density at radius 3 is 2.37 bits per heavy atom. The first-order valence-electron chi connectivity index (χ1n) is 13.1. The number of fused-ring (bicyclic) bond motifs is 1. The van der Waals surface area contributed by atoms with Crippen molar-refractivity contribution >= 4 is 17.7 Å². The lowest BCUT2D eigenvalue weighted by Crippen LogP contribution is -2.62. The van der Waals surface area contributed by atoms with Crippen LogP contribution in [0.2, 0.25) is 0 Å². The van der Waals surface area contributed by atoms with E-state index in [2.05, 4.69) is 16.9 Å². The van der Waals surface area contributed by atoms with Crippen LogP contribution in [-0.4, -0.2) is 59.4 Å². The maximum atomic E-state index is 14.7. The van der Waals surface area contributed by atoms with Crippen LogP contribution < -0.4 is 14.4 Å². The van der Waals surface area contributed by atoms with Crippen molar-refractivity contribution in [1.82, 2.24) is 4.98 Å². The van der Waals surface area contributed by atoms with Gasteiger partial charge in [0.25, 0.3) is 0 Å². The van der Waals surface area contributed by atoms with E-state index in [-0.39, 0.29) is 28.2 Å². The molecule has 5 rings (SSSR count). The fraction of sp³-hybridized carbons (Fsp3) is 0.367. The Morgan fingerprint density at radius 2 is 1.71 bits per heavy atom. The van der Waals surface area contributed by atoms with E-state index in [0.29, 0.717) is 18.8 Å². The number of nitrogens with zero attached hydrogens (tertiary/aromatic N) is 3. The minimum atomic E-state index is -1.37. The molecule has 1 fully saturated rings. The Hall–Kier alpha value is -3.91. The van der Waals surface area contributed by atoms with Gasteiger partial charge in [-0.05, 0) is 55.3 Å². The topological polar surface area (TPSA) is 89.0 Å². The predicted molar refractivity (Wildman–Crippen MR) is 144 cm³/mol. The maximum absolute atomic E-state index is 14.7. The second kappa shape index (κ2) is 10.5. The first-order chi connectivity index (χ1) is 18.3. The molecule has 0 saturated carbocycles. The molecule has 2 aliphatic heterocycles. The van der Waals surface area contributed by atoms with E-state index in [4.69, 9.17) is 9.47 Å². The van der Waals surface area contributed by atoms with Gasteiger partial charge in [-0.25, -0.2) is 14.1 Å². The number of aryl methyl sites for hydroxylation is 2. The van der Waals surface area contributed by atoms with E-state index in [0.717, 1.165) is 53.9 Å². The fourth-order valence-corrected chi connectivity index (χ4v) is 6.25. The molecule has 3 aromatic rings. The van der Waals surface area contributed by atoms with Gasteiger partial charge in [-0.2, -0.15) is 0 Å². The zero-order valence-electron chi connectivity index (χ0n) is 22.1. The molecule has 1 amide bonds. The monoisotopic (exact) mass is 516 g/mol. The SMILES string of the molecule is Cc1cccc(C)c1C(=O)[N+](C)(C1CCN(c2ccncc2)CC1)C1CCOc2ccc(OC(=O)O)cc21. The van der Waals surface area contributed by atoms with Crippen molar-refractivity contribution in [3.05, 3.63) is 83.2 Å². The number of carbonyl (C=O) groups is 2. The van der Waals surface area contributed by atoms with Crippen LogP contribution in [0.3, 0.4) is 0 Å². The molecule has 2 aliphatic rings. The minimum Gasteiger partial charge on any atom is -0.493 e. The van der Waals surface area contributed by atoms with E-state index in [1.807, 2.05) is 56.6 Å². The molecule has 2 atom stereocenters. The van der Waals surface area contributed by atoms with Crippen molar-refractivity contribution < 1.29 is 28.7 Å². The molecule has 0 radical (unpaired) electrons. The van der Waals surface area contributed by atoms with Crippen LogP contribution >= 0.6 is 0 Å². The molecule has 2 aromatic carbocycles. The molecule has 3 heterocycles. The fourth-order valence-electron chi connectivity index (χ4n) is 6.25. The number of quaternary nitrogens is 1. The number of rotatable bonds is 5. The maximum Gasteiger partial charge on any atom is 0.511 e. The van der Waals surface area contributed by atoms with Gasteiger partial charge in [0.05, 0.1) is 30.8 Å². The number of benzene rings is 2. The first kappa shape index (κ1) is 25.7. The van der Waals surface area contributed by atoms with Crippen LogP contribution in [-0.2, 0) is 0 Å². The number of hydrogen-bond acceptors (Lipinski definition) is 6. The Balaban J connectivity index is 1.57. The smallest absolute Gasteiger partial charge is 0.493 e. The number of aromatic nitrogens is 1. The van der Waals surface area contributed by atoms with E-state index in [1.54, 1.807) is 18.2 Å². The lowest BCUT2D eigenvalue weighted by atomic mass is 9.88. The molecule has 38 heavy (non-hydrogen) atoms. The summed E-state index contributed by atoms with van der Waals surface area (Å²) in [6.07, 6.45) is 4.57. The zero-order chi connectivity index (χ0) is 26.9. The van der Waals surface area contributed by atoms with Crippen molar-refractivity contribution in [2.24, 2.45) is 0 Å². The average Bonchev–Trinajstić information content (AvgIpc) is 2.92. The average molecular weight is 517 g/mol. The number of ether oxygens (including phenoxy) is 2.